The molecule has 0 saturated carbocycles. The predicted octanol–water partition coefficient (Wildman–Crippen LogP) is 6.18. The number of halogens is 3. The van der Waals surface area contributed by atoms with Crippen LogP contribution in [0.15, 0.2) is 102 Å². The molecule has 0 aliphatic carbocycles. The summed E-state index contributed by atoms with van der Waals surface area (Å²) >= 11 is 0. The van der Waals surface area contributed by atoms with Crippen LogP contribution < -0.4 is 14.4 Å². The number of carbonyl (C=O) groups excluding carboxylic acids is 2. The first-order valence-corrected chi connectivity index (χ1v) is 16.4. The lowest BCUT2D eigenvalue weighted by Crippen LogP contribution is -2.48. The van der Waals surface area contributed by atoms with E-state index in [2.05, 4.69) is 10.1 Å². The molecule has 1 atom stereocenters. The predicted molar refractivity (Wildman–Crippen MR) is 170 cm³/mol. The fraction of sp³-hybridized carbons (Fsp3) is 0.257. The molecule has 1 aliphatic rings. The van der Waals surface area contributed by atoms with E-state index in [1.807, 2.05) is 12.1 Å². The van der Waals surface area contributed by atoms with Gasteiger partial charge in [-0.2, -0.15) is 13.2 Å². The van der Waals surface area contributed by atoms with Crippen molar-refractivity contribution in [2.24, 2.45) is 0 Å². The van der Waals surface area contributed by atoms with Crippen molar-refractivity contribution >= 4 is 27.6 Å². The minimum absolute atomic E-state index is 0.0877. The van der Waals surface area contributed by atoms with Gasteiger partial charge >= 0.3 is 12.1 Å². The molecule has 0 radical (unpaired) electrons. The molecule has 47 heavy (non-hydrogen) atoms. The summed E-state index contributed by atoms with van der Waals surface area (Å²) in [5, 5.41) is 2.87. The smallest absolute Gasteiger partial charge is 0.416 e. The summed E-state index contributed by atoms with van der Waals surface area (Å²) in [6.45, 7) is 0.637. The SMILES string of the molecule is COC(=O)CCCOc1ccc(CCNC(=O)[C@@H]2Cc3ccccc3N2S(=O)(=O)c2ccc(-c3cccc(C(F)(F)F)c3)cc2)cc1. The molecule has 0 unspecified atom stereocenters. The van der Waals surface area contributed by atoms with Crippen LogP contribution in [0.1, 0.15) is 29.5 Å². The van der Waals surface area contributed by atoms with E-state index < -0.39 is 33.7 Å². The van der Waals surface area contributed by atoms with Gasteiger partial charge in [-0.1, -0.05) is 54.6 Å². The Balaban J connectivity index is 1.25. The number of rotatable bonds is 12. The minimum Gasteiger partial charge on any atom is -0.494 e. The number of amides is 1. The summed E-state index contributed by atoms with van der Waals surface area (Å²) in [4.78, 5) is 24.6. The lowest BCUT2D eigenvalue weighted by atomic mass is 10.0. The second-order valence-corrected chi connectivity index (χ2v) is 12.8. The highest BCUT2D eigenvalue weighted by Crippen LogP contribution is 2.38. The van der Waals surface area contributed by atoms with Crippen LogP contribution in [0.5, 0.6) is 5.75 Å². The first-order valence-electron chi connectivity index (χ1n) is 14.9. The Labute approximate surface area is 271 Å². The molecular formula is C35H33F3N2O6S. The third-order valence-corrected chi connectivity index (χ3v) is 9.66. The number of methoxy groups -OCH3 is 1. The molecule has 0 spiro atoms. The Bertz CT molecular complexity index is 1830. The summed E-state index contributed by atoms with van der Waals surface area (Å²) in [6.07, 6.45) is -3.02. The third-order valence-electron chi connectivity index (χ3n) is 7.82. The van der Waals surface area contributed by atoms with Crippen molar-refractivity contribution in [3.05, 3.63) is 114 Å². The molecule has 4 aromatic rings. The highest BCUT2D eigenvalue weighted by molar-refractivity contribution is 7.93. The lowest BCUT2D eigenvalue weighted by molar-refractivity contribution is -0.141. The van der Waals surface area contributed by atoms with E-state index in [0.29, 0.717) is 47.6 Å². The molecule has 1 N–H and O–H groups in total. The molecule has 0 fully saturated rings. The fourth-order valence-electron chi connectivity index (χ4n) is 5.37. The van der Waals surface area contributed by atoms with Crippen LogP contribution in [0.4, 0.5) is 18.9 Å². The molecule has 0 saturated heterocycles. The molecule has 4 aromatic carbocycles. The van der Waals surface area contributed by atoms with Crippen LogP contribution in [-0.4, -0.2) is 46.6 Å². The van der Waals surface area contributed by atoms with Crippen LogP contribution in [0.2, 0.25) is 0 Å². The van der Waals surface area contributed by atoms with E-state index in [-0.39, 0.29) is 30.3 Å². The van der Waals surface area contributed by atoms with Gasteiger partial charge in [-0.3, -0.25) is 13.9 Å². The monoisotopic (exact) mass is 666 g/mol. The number of nitrogens with zero attached hydrogens (tertiary/aromatic N) is 1. The second kappa shape index (κ2) is 14.3. The van der Waals surface area contributed by atoms with Gasteiger partial charge in [-0.25, -0.2) is 8.42 Å². The average Bonchev–Trinajstić information content (AvgIpc) is 3.48. The Hall–Kier alpha value is -4.84. The maximum absolute atomic E-state index is 14.0. The summed E-state index contributed by atoms with van der Waals surface area (Å²) < 4.78 is 79.0. The number of sulfonamides is 1. The average molecular weight is 667 g/mol. The quantitative estimate of drug-likeness (QED) is 0.143. The highest BCUT2D eigenvalue weighted by Gasteiger charge is 2.42. The van der Waals surface area contributed by atoms with Crippen LogP contribution in [0.3, 0.4) is 0 Å². The standard InChI is InChI=1S/C35H33F3N2O6S/c1-45-33(41)10-5-21-46-29-15-11-24(12-16-29)19-20-39-34(42)32-23-27-6-2-3-9-31(27)40(32)47(43,44)30-17-13-25(14-18-30)26-7-4-8-28(22-26)35(36,37)38/h2-4,6-9,11-18,22,32H,5,10,19-21,23H2,1H3,(H,39,42)/t32-/m0/s1. The Morgan fingerprint density at radius 2 is 1.64 bits per heavy atom. The zero-order valence-electron chi connectivity index (χ0n) is 25.5. The lowest BCUT2D eigenvalue weighted by Gasteiger charge is -2.26. The van der Waals surface area contributed by atoms with Gasteiger partial charge in [-0.15, -0.1) is 0 Å². The molecule has 12 heteroatoms. The normalized spacial score (nSPS) is 14.4. The van der Waals surface area contributed by atoms with E-state index in [0.717, 1.165) is 22.0 Å². The van der Waals surface area contributed by atoms with E-state index in [1.165, 1.54) is 43.5 Å². The Morgan fingerprint density at radius 1 is 0.915 bits per heavy atom. The van der Waals surface area contributed by atoms with Crippen LogP contribution in [0, 0.1) is 0 Å². The van der Waals surface area contributed by atoms with Gasteiger partial charge in [0.05, 0.1) is 29.9 Å². The molecular weight excluding hydrogens is 633 g/mol. The van der Waals surface area contributed by atoms with Gasteiger partial charge in [0.15, 0.2) is 0 Å². The molecule has 1 amide bonds. The van der Waals surface area contributed by atoms with Crippen molar-refractivity contribution in [2.75, 3.05) is 24.6 Å². The van der Waals surface area contributed by atoms with Crippen LogP contribution in [-0.2, 0) is 43.4 Å². The third kappa shape index (κ3) is 7.94. The number of nitrogens with one attached hydrogen (secondary N) is 1. The van der Waals surface area contributed by atoms with Gasteiger partial charge in [0.1, 0.15) is 11.8 Å². The number of alkyl halides is 3. The molecule has 1 aliphatic heterocycles. The second-order valence-electron chi connectivity index (χ2n) is 11.0. The number of hydrogen-bond donors (Lipinski definition) is 1. The number of para-hydroxylation sites is 1. The van der Waals surface area contributed by atoms with Gasteiger partial charge in [-0.05, 0) is 77.6 Å². The molecule has 5 rings (SSSR count). The van der Waals surface area contributed by atoms with Crippen molar-refractivity contribution < 1.29 is 40.7 Å². The molecule has 246 valence electrons. The zero-order valence-corrected chi connectivity index (χ0v) is 26.3. The summed E-state index contributed by atoms with van der Waals surface area (Å²) in [5.74, 6) is -0.0923. The highest BCUT2D eigenvalue weighted by atomic mass is 32.2. The molecule has 8 nitrogen and oxygen atoms in total. The number of ether oxygens (including phenoxy) is 2. The van der Waals surface area contributed by atoms with Crippen molar-refractivity contribution in [2.45, 2.75) is 42.8 Å². The number of esters is 1. The minimum atomic E-state index is -4.51. The first kappa shape index (κ1) is 33.5. The van der Waals surface area contributed by atoms with E-state index >= 15 is 0 Å². The van der Waals surface area contributed by atoms with Crippen molar-refractivity contribution in [3.63, 3.8) is 0 Å². The van der Waals surface area contributed by atoms with Crippen LogP contribution >= 0.6 is 0 Å². The first-order chi connectivity index (χ1) is 22.5. The zero-order chi connectivity index (χ0) is 33.6. The number of fused-ring (bicyclic) bond motifs is 1. The topological polar surface area (TPSA) is 102 Å². The number of carbonyl (C=O) groups is 2. The van der Waals surface area contributed by atoms with Gasteiger partial charge in [0.2, 0.25) is 5.91 Å². The Kier molecular flexibility index (Phi) is 10.2. The molecule has 0 aromatic heterocycles. The maximum Gasteiger partial charge on any atom is 0.416 e. The number of anilines is 1. The summed E-state index contributed by atoms with van der Waals surface area (Å²) in [6, 6.07) is 23.6. The van der Waals surface area contributed by atoms with Crippen molar-refractivity contribution in [1.82, 2.24) is 5.32 Å². The summed E-state index contributed by atoms with van der Waals surface area (Å²) in [5.41, 5.74) is 1.96. The van der Waals surface area contributed by atoms with E-state index in [1.54, 1.807) is 36.4 Å². The number of hydrogen-bond acceptors (Lipinski definition) is 6. The molecule has 1 heterocycles. The van der Waals surface area contributed by atoms with Crippen LogP contribution in [0.25, 0.3) is 11.1 Å². The summed E-state index contributed by atoms with van der Waals surface area (Å²) in [7, 11) is -2.88. The largest absolute Gasteiger partial charge is 0.494 e. The Morgan fingerprint density at radius 3 is 2.34 bits per heavy atom. The fourth-order valence-corrected chi connectivity index (χ4v) is 7.02. The van der Waals surface area contributed by atoms with E-state index in [9.17, 15) is 31.2 Å². The maximum atomic E-state index is 14.0. The molecule has 0 bridgehead atoms. The number of benzene rings is 4. The van der Waals surface area contributed by atoms with Gasteiger partial charge < -0.3 is 14.8 Å². The van der Waals surface area contributed by atoms with Crippen molar-refractivity contribution in [1.29, 1.82) is 0 Å². The van der Waals surface area contributed by atoms with Gasteiger partial charge in [0.25, 0.3) is 10.0 Å². The van der Waals surface area contributed by atoms with Gasteiger partial charge in [0, 0.05) is 19.4 Å². The van der Waals surface area contributed by atoms with E-state index in [4.69, 9.17) is 4.74 Å². The van der Waals surface area contributed by atoms with Crippen molar-refractivity contribution in [3.8, 4) is 16.9 Å².